The molecule has 0 saturated heterocycles. The number of hydrogen-bond donors (Lipinski definition) is 1. The van der Waals surface area contributed by atoms with Gasteiger partial charge in [-0.3, -0.25) is 0 Å². The molecule has 2 rings (SSSR count). The van der Waals surface area contributed by atoms with E-state index in [0.717, 1.165) is 11.1 Å². The van der Waals surface area contributed by atoms with E-state index in [1.807, 2.05) is 0 Å². The molecule has 0 aliphatic carbocycles. The van der Waals surface area contributed by atoms with Crippen LogP contribution in [0.5, 0.6) is 0 Å². The number of benzene rings is 2. The number of carbonyl (C=O) groups excluding carboxylic acids is 1. The van der Waals surface area contributed by atoms with Gasteiger partial charge in [-0.15, -0.1) is 0 Å². The van der Waals surface area contributed by atoms with Crippen LogP contribution in [-0.2, 0) is 23.9 Å². The van der Waals surface area contributed by atoms with E-state index in [1.54, 1.807) is 4.90 Å². The van der Waals surface area contributed by atoms with Crippen molar-refractivity contribution < 1.29 is 4.79 Å². The van der Waals surface area contributed by atoms with Crippen molar-refractivity contribution >= 4 is 6.03 Å². The molecule has 0 aliphatic rings. The molecule has 26 heavy (non-hydrogen) atoms. The highest BCUT2D eigenvalue weighted by molar-refractivity contribution is 5.72. The Morgan fingerprint density at radius 3 is 1.27 bits per heavy atom. The first-order valence-electron chi connectivity index (χ1n) is 9.20. The summed E-state index contributed by atoms with van der Waals surface area (Å²) in [6.07, 6.45) is 0. The van der Waals surface area contributed by atoms with E-state index >= 15 is 0 Å². The minimum atomic E-state index is -0.398. The van der Waals surface area contributed by atoms with Gasteiger partial charge in [0.05, 0.1) is 0 Å². The molecule has 0 unspecified atom stereocenters. The second kappa shape index (κ2) is 7.53. The normalized spacial score (nSPS) is 12.1. The molecule has 2 N–H and O–H groups in total. The molecule has 0 fully saturated rings. The van der Waals surface area contributed by atoms with Crippen molar-refractivity contribution in [1.29, 1.82) is 0 Å². The number of urea groups is 1. The lowest BCUT2D eigenvalue weighted by atomic mass is 9.86. The fraction of sp³-hybridized carbons (Fsp3) is 0.435. The summed E-state index contributed by atoms with van der Waals surface area (Å²) >= 11 is 0. The molecule has 0 spiro atoms. The highest BCUT2D eigenvalue weighted by atomic mass is 16.2. The molecule has 0 aliphatic heterocycles. The van der Waals surface area contributed by atoms with Crippen LogP contribution in [0.4, 0.5) is 4.79 Å². The first kappa shape index (κ1) is 20.0. The Balaban J connectivity index is 2.11. The highest BCUT2D eigenvalue weighted by Crippen LogP contribution is 2.24. The second-order valence-corrected chi connectivity index (χ2v) is 9.09. The fourth-order valence-corrected chi connectivity index (χ4v) is 2.87. The Labute approximate surface area is 158 Å². The van der Waals surface area contributed by atoms with Gasteiger partial charge in [0.25, 0.3) is 0 Å². The zero-order chi connectivity index (χ0) is 19.5. The minimum Gasteiger partial charge on any atom is -0.351 e. The van der Waals surface area contributed by atoms with Crippen molar-refractivity contribution in [3.63, 3.8) is 0 Å². The van der Waals surface area contributed by atoms with E-state index < -0.39 is 6.03 Å². The van der Waals surface area contributed by atoms with Crippen molar-refractivity contribution in [1.82, 2.24) is 4.90 Å². The van der Waals surface area contributed by atoms with Crippen LogP contribution >= 0.6 is 0 Å². The summed E-state index contributed by atoms with van der Waals surface area (Å²) in [5.74, 6) is 0. The Morgan fingerprint density at radius 2 is 1.04 bits per heavy atom. The molecule has 0 heterocycles. The molecule has 3 nitrogen and oxygen atoms in total. The lowest BCUT2D eigenvalue weighted by molar-refractivity contribution is 0.202. The van der Waals surface area contributed by atoms with Gasteiger partial charge in [-0.2, -0.15) is 0 Å². The molecule has 0 radical (unpaired) electrons. The van der Waals surface area contributed by atoms with Crippen molar-refractivity contribution in [3.05, 3.63) is 70.8 Å². The zero-order valence-electron chi connectivity index (χ0n) is 17.0. The molecule has 0 saturated carbocycles. The third-order valence-electron chi connectivity index (χ3n) is 4.70. The Hall–Kier alpha value is -2.29. The lowest BCUT2D eigenvalue weighted by Crippen LogP contribution is -2.34. The summed E-state index contributed by atoms with van der Waals surface area (Å²) in [7, 11) is 0. The summed E-state index contributed by atoms with van der Waals surface area (Å²) in [6, 6.07) is 16.5. The predicted octanol–water partition coefficient (Wildman–Crippen LogP) is 5.36. The van der Waals surface area contributed by atoms with E-state index in [4.69, 9.17) is 5.73 Å². The molecule has 2 amide bonds. The Kier molecular flexibility index (Phi) is 5.80. The summed E-state index contributed by atoms with van der Waals surface area (Å²) < 4.78 is 0. The standard InChI is InChI=1S/C23H32N2O/c1-22(2,3)19-11-7-17(8-12-19)15-25(21(24)26)16-18-9-13-20(14-10-18)23(4,5)6/h7-14H,15-16H2,1-6H3,(H2,24,26). The van der Waals surface area contributed by atoms with Gasteiger partial charge >= 0.3 is 6.03 Å². The maximum Gasteiger partial charge on any atom is 0.315 e. The van der Waals surface area contributed by atoms with Gasteiger partial charge in [-0.1, -0.05) is 90.1 Å². The van der Waals surface area contributed by atoms with Gasteiger partial charge in [0.1, 0.15) is 0 Å². The van der Waals surface area contributed by atoms with Crippen LogP contribution in [-0.4, -0.2) is 10.9 Å². The van der Waals surface area contributed by atoms with E-state index in [0.29, 0.717) is 13.1 Å². The average Bonchev–Trinajstić information content (AvgIpc) is 2.53. The van der Waals surface area contributed by atoms with Crippen molar-refractivity contribution in [2.24, 2.45) is 5.73 Å². The van der Waals surface area contributed by atoms with Crippen LogP contribution in [0.15, 0.2) is 48.5 Å². The summed E-state index contributed by atoms with van der Waals surface area (Å²) in [4.78, 5) is 13.6. The smallest absolute Gasteiger partial charge is 0.315 e. The van der Waals surface area contributed by atoms with Gasteiger partial charge < -0.3 is 10.6 Å². The average molecular weight is 353 g/mol. The molecule has 2 aromatic carbocycles. The summed E-state index contributed by atoms with van der Waals surface area (Å²) in [6.45, 7) is 14.2. The van der Waals surface area contributed by atoms with Crippen LogP contribution in [0, 0.1) is 0 Å². The third kappa shape index (κ3) is 5.35. The number of rotatable bonds is 4. The molecule has 140 valence electrons. The first-order chi connectivity index (χ1) is 12.0. The summed E-state index contributed by atoms with van der Waals surface area (Å²) in [5, 5.41) is 0. The monoisotopic (exact) mass is 352 g/mol. The summed E-state index contributed by atoms with van der Waals surface area (Å²) in [5.41, 5.74) is 10.6. The number of carbonyl (C=O) groups is 1. The first-order valence-corrected chi connectivity index (χ1v) is 9.20. The molecular weight excluding hydrogens is 320 g/mol. The lowest BCUT2D eigenvalue weighted by Gasteiger charge is -2.23. The van der Waals surface area contributed by atoms with Gasteiger partial charge in [0.2, 0.25) is 0 Å². The van der Waals surface area contributed by atoms with Gasteiger partial charge in [0.15, 0.2) is 0 Å². The molecule has 0 bridgehead atoms. The Bertz CT molecular complexity index is 672. The second-order valence-electron chi connectivity index (χ2n) is 9.09. The van der Waals surface area contributed by atoms with Gasteiger partial charge in [-0.05, 0) is 33.1 Å². The van der Waals surface area contributed by atoms with Gasteiger partial charge in [-0.25, -0.2) is 4.79 Å². The maximum atomic E-state index is 11.9. The van der Waals surface area contributed by atoms with Crippen molar-refractivity contribution in [2.75, 3.05) is 0 Å². The quantitative estimate of drug-likeness (QED) is 0.791. The number of nitrogens with two attached hydrogens (primary N) is 1. The van der Waals surface area contributed by atoms with E-state index in [9.17, 15) is 4.79 Å². The zero-order valence-corrected chi connectivity index (χ0v) is 17.0. The van der Waals surface area contributed by atoms with Gasteiger partial charge in [0, 0.05) is 13.1 Å². The van der Waals surface area contributed by atoms with Crippen LogP contribution in [0.2, 0.25) is 0 Å². The van der Waals surface area contributed by atoms with Crippen LogP contribution < -0.4 is 5.73 Å². The number of amides is 2. The molecule has 0 aromatic heterocycles. The number of hydrogen-bond acceptors (Lipinski definition) is 1. The van der Waals surface area contributed by atoms with E-state index in [2.05, 4.69) is 90.1 Å². The van der Waals surface area contributed by atoms with Crippen molar-refractivity contribution in [2.45, 2.75) is 65.5 Å². The topological polar surface area (TPSA) is 46.3 Å². The number of primary amides is 1. The largest absolute Gasteiger partial charge is 0.351 e. The Morgan fingerprint density at radius 1 is 0.731 bits per heavy atom. The minimum absolute atomic E-state index is 0.122. The molecule has 0 atom stereocenters. The van der Waals surface area contributed by atoms with Crippen LogP contribution in [0.1, 0.15) is 63.8 Å². The molecule has 3 heteroatoms. The van der Waals surface area contributed by atoms with E-state index in [-0.39, 0.29) is 10.8 Å². The van der Waals surface area contributed by atoms with Crippen LogP contribution in [0.3, 0.4) is 0 Å². The maximum absolute atomic E-state index is 11.9. The number of nitrogens with zero attached hydrogens (tertiary/aromatic N) is 1. The van der Waals surface area contributed by atoms with Crippen molar-refractivity contribution in [3.8, 4) is 0 Å². The van der Waals surface area contributed by atoms with E-state index in [1.165, 1.54) is 11.1 Å². The predicted molar refractivity (Wildman–Crippen MR) is 109 cm³/mol. The molecule has 2 aromatic rings. The SMILES string of the molecule is CC(C)(C)c1ccc(CN(Cc2ccc(C(C)(C)C)cc2)C(N)=O)cc1. The highest BCUT2D eigenvalue weighted by Gasteiger charge is 2.16. The third-order valence-corrected chi connectivity index (χ3v) is 4.70. The van der Waals surface area contributed by atoms with Crippen LogP contribution in [0.25, 0.3) is 0 Å². The molecular formula is C23H32N2O. The fourth-order valence-electron chi connectivity index (χ4n) is 2.87.